The van der Waals surface area contributed by atoms with Crippen molar-refractivity contribution in [2.45, 2.75) is 50.6 Å². The standard InChI is InChI=1S/C26H37ClNO6P/c1-17-24(30)23(16-29)34-26(25(17)31)19-6-4-7-22(27)20(15-19)14-18-8-10-21(11-9-18)33-13-5-12-28-35(2,3)32/h4,7-11,15,17,23-26,29-31H,5-6,12-14,16H2,1-3H3,(H,28,32). The van der Waals surface area contributed by atoms with Crippen LogP contribution in [0.15, 0.2) is 58.7 Å². The van der Waals surface area contributed by atoms with E-state index >= 15 is 0 Å². The first kappa shape index (κ1) is 28.1. The van der Waals surface area contributed by atoms with E-state index in [1.54, 1.807) is 20.3 Å². The van der Waals surface area contributed by atoms with Gasteiger partial charge in [-0.2, -0.15) is 0 Å². The van der Waals surface area contributed by atoms with Crippen LogP contribution in [0.2, 0.25) is 0 Å². The molecule has 1 aliphatic heterocycles. The average molecular weight is 526 g/mol. The Bertz CT molecular complexity index is 984. The number of ether oxygens (including phenoxy) is 2. The van der Waals surface area contributed by atoms with E-state index in [4.69, 9.17) is 21.1 Å². The third kappa shape index (κ3) is 8.02. The molecule has 0 saturated carbocycles. The summed E-state index contributed by atoms with van der Waals surface area (Å²) in [5.41, 5.74) is 2.81. The van der Waals surface area contributed by atoms with Crippen LogP contribution in [0.25, 0.3) is 0 Å². The van der Waals surface area contributed by atoms with E-state index in [0.717, 1.165) is 28.9 Å². The monoisotopic (exact) mass is 525 g/mol. The Hall–Kier alpha value is -1.44. The van der Waals surface area contributed by atoms with E-state index < -0.39 is 37.6 Å². The molecule has 9 heteroatoms. The van der Waals surface area contributed by atoms with Crippen LogP contribution in [0.1, 0.15) is 25.3 Å². The first-order chi connectivity index (χ1) is 16.6. The van der Waals surface area contributed by atoms with Gasteiger partial charge in [-0.15, -0.1) is 0 Å². The molecule has 7 nitrogen and oxygen atoms in total. The van der Waals surface area contributed by atoms with E-state index in [1.165, 1.54) is 0 Å². The second-order valence-corrected chi connectivity index (χ2v) is 13.0. The molecule has 5 atom stereocenters. The fraction of sp³-hybridized carbons (Fsp3) is 0.538. The Kier molecular flexibility index (Phi) is 10.2. The number of nitrogens with one attached hydrogen (secondary N) is 1. The lowest BCUT2D eigenvalue weighted by atomic mass is 9.83. The molecule has 1 fully saturated rings. The molecule has 4 N–H and O–H groups in total. The molecule has 3 rings (SSSR count). The van der Waals surface area contributed by atoms with E-state index in [2.05, 4.69) is 5.09 Å². The van der Waals surface area contributed by atoms with E-state index in [9.17, 15) is 19.9 Å². The molecular weight excluding hydrogens is 489 g/mol. The van der Waals surface area contributed by atoms with Crippen LogP contribution < -0.4 is 9.82 Å². The number of hydrogen-bond donors (Lipinski definition) is 4. The van der Waals surface area contributed by atoms with Crippen molar-refractivity contribution in [3.05, 3.63) is 64.2 Å². The van der Waals surface area contributed by atoms with Crippen molar-refractivity contribution in [3.63, 3.8) is 0 Å². The minimum absolute atomic E-state index is 0.315. The van der Waals surface area contributed by atoms with Crippen LogP contribution in [0, 0.1) is 5.92 Å². The highest BCUT2D eigenvalue weighted by Crippen LogP contribution is 2.34. The summed E-state index contributed by atoms with van der Waals surface area (Å²) in [6, 6.07) is 7.82. The van der Waals surface area contributed by atoms with E-state index in [-0.39, 0.29) is 6.61 Å². The maximum Gasteiger partial charge on any atom is 0.141 e. The maximum atomic E-state index is 11.7. The van der Waals surface area contributed by atoms with Gasteiger partial charge in [-0.05, 0) is 54.2 Å². The maximum absolute atomic E-state index is 11.7. The normalized spacial score (nSPS) is 27.5. The summed E-state index contributed by atoms with van der Waals surface area (Å²) in [7, 11) is -2.21. The Morgan fingerprint density at radius 1 is 1.20 bits per heavy atom. The minimum Gasteiger partial charge on any atom is -0.494 e. The lowest BCUT2D eigenvalue weighted by Crippen LogP contribution is -2.54. The number of aliphatic hydroxyl groups excluding tert-OH is 3. The predicted octanol–water partition coefficient (Wildman–Crippen LogP) is 3.62. The van der Waals surface area contributed by atoms with Crippen LogP contribution in [0.3, 0.4) is 0 Å². The van der Waals surface area contributed by atoms with Crippen molar-refractivity contribution in [1.82, 2.24) is 5.09 Å². The smallest absolute Gasteiger partial charge is 0.141 e. The zero-order chi connectivity index (χ0) is 25.6. The lowest BCUT2D eigenvalue weighted by Gasteiger charge is -2.42. The fourth-order valence-corrected chi connectivity index (χ4v) is 5.16. The van der Waals surface area contributed by atoms with Gasteiger partial charge in [0.1, 0.15) is 25.3 Å². The number of allylic oxidation sites excluding steroid dienone is 5. The largest absolute Gasteiger partial charge is 0.494 e. The summed E-state index contributed by atoms with van der Waals surface area (Å²) in [6.45, 7) is 6.04. The Balaban J connectivity index is 1.65. The van der Waals surface area contributed by atoms with Crippen LogP contribution in [0.4, 0.5) is 0 Å². The highest BCUT2D eigenvalue weighted by molar-refractivity contribution is 7.60. The van der Waals surface area contributed by atoms with Gasteiger partial charge in [0.05, 0.1) is 25.4 Å². The number of aliphatic hydroxyl groups is 3. The van der Waals surface area contributed by atoms with Gasteiger partial charge in [-0.1, -0.05) is 42.8 Å². The van der Waals surface area contributed by atoms with E-state index in [0.29, 0.717) is 31.0 Å². The van der Waals surface area contributed by atoms with Gasteiger partial charge in [-0.25, -0.2) is 0 Å². The molecule has 1 heterocycles. The number of benzene rings is 1. The van der Waals surface area contributed by atoms with Crippen molar-refractivity contribution < 1.29 is 29.4 Å². The highest BCUT2D eigenvalue weighted by Gasteiger charge is 2.43. The lowest BCUT2D eigenvalue weighted by molar-refractivity contribution is -0.194. The molecule has 2 aliphatic rings. The van der Waals surface area contributed by atoms with Crippen molar-refractivity contribution in [3.8, 4) is 5.75 Å². The zero-order valence-electron chi connectivity index (χ0n) is 20.6. The van der Waals surface area contributed by atoms with Crippen LogP contribution in [-0.4, -0.2) is 72.8 Å². The third-order valence-electron chi connectivity index (χ3n) is 6.32. The van der Waals surface area contributed by atoms with Crippen LogP contribution in [-0.2, 0) is 15.7 Å². The SMILES string of the molecule is CC1C(O)C(CO)OC(C2=CC(Cc3ccc(OCCCNP(C)(C)=O)cc3)=C(Cl)C=CC2)C1O. The van der Waals surface area contributed by atoms with Gasteiger partial charge in [-0.3, -0.25) is 5.09 Å². The van der Waals surface area contributed by atoms with Gasteiger partial charge in [0.2, 0.25) is 0 Å². The molecule has 1 aromatic rings. The van der Waals surface area contributed by atoms with Crippen molar-refractivity contribution in [2.75, 3.05) is 33.1 Å². The second-order valence-electron chi connectivity index (χ2n) is 9.60. The molecule has 0 aromatic heterocycles. The number of hydrogen-bond acceptors (Lipinski definition) is 6. The molecule has 0 spiro atoms. The van der Waals surface area contributed by atoms with Crippen molar-refractivity contribution in [2.24, 2.45) is 5.92 Å². The number of rotatable bonds is 10. The second kappa shape index (κ2) is 12.7. The Morgan fingerprint density at radius 2 is 1.91 bits per heavy atom. The molecule has 0 bridgehead atoms. The summed E-state index contributed by atoms with van der Waals surface area (Å²) < 4.78 is 23.3. The molecule has 1 aromatic carbocycles. The van der Waals surface area contributed by atoms with Crippen molar-refractivity contribution in [1.29, 1.82) is 0 Å². The number of halogens is 1. The predicted molar refractivity (Wildman–Crippen MR) is 139 cm³/mol. The quantitative estimate of drug-likeness (QED) is 0.273. The molecule has 1 saturated heterocycles. The third-order valence-corrected chi connectivity index (χ3v) is 7.67. The summed E-state index contributed by atoms with van der Waals surface area (Å²) in [5, 5.41) is 34.3. The first-order valence-electron chi connectivity index (χ1n) is 12.0. The molecule has 35 heavy (non-hydrogen) atoms. The average Bonchev–Trinajstić information content (AvgIpc) is 2.99. The molecule has 0 radical (unpaired) electrons. The van der Waals surface area contributed by atoms with Gasteiger partial charge in [0.25, 0.3) is 0 Å². The summed E-state index contributed by atoms with van der Waals surface area (Å²) in [6.07, 6.45) is 4.46. The molecule has 5 unspecified atom stereocenters. The summed E-state index contributed by atoms with van der Waals surface area (Å²) in [4.78, 5) is 0. The zero-order valence-corrected chi connectivity index (χ0v) is 22.2. The van der Waals surface area contributed by atoms with Gasteiger partial charge < -0.3 is 29.4 Å². The highest BCUT2D eigenvalue weighted by atomic mass is 35.5. The fourth-order valence-electron chi connectivity index (χ4n) is 4.25. The summed E-state index contributed by atoms with van der Waals surface area (Å²) >= 11 is 6.56. The summed E-state index contributed by atoms with van der Waals surface area (Å²) in [5.74, 6) is 0.335. The van der Waals surface area contributed by atoms with Gasteiger partial charge in [0.15, 0.2) is 0 Å². The van der Waals surface area contributed by atoms with Crippen molar-refractivity contribution >= 4 is 18.9 Å². The minimum atomic E-state index is -2.21. The molecular formula is C26H37ClNO6P. The Morgan fingerprint density at radius 3 is 2.57 bits per heavy atom. The first-order valence-corrected chi connectivity index (χ1v) is 15.0. The van der Waals surface area contributed by atoms with Gasteiger partial charge >= 0.3 is 0 Å². The van der Waals surface area contributed by atoms with Gasteiger partial charge in [0, 0.05) is 30.8 Å². The molecule has 194 valence electrons. The molecule has 0 amide bonds. The topological polar surface area (TPSA) is 108 Å². The van der Waals surface area contributed by atoms with Crippen LogP contribution in [0.5, 0.6) is 5.75 Å². The van der Waals surface area contributed by atoms with Crippen LogP contribution >= 0.6 is 18.9 Å². The Labute approximate surface area is 212 Å². The molecule has 1 aliphatic carbocycles. The van der Waals surface area contributed by atoms with E-state index in [1.807, 2.05) is 42.5 Å².